The Hall–Kier alpha value is 1.75. The summed E-state index contributed by atoms with van der Waals surface area (Å²) in [4.78, 5) is 0. The minimum absolute atomic E-state index is 0. The summed E-state index contributed by atoms with van der Waals surface area (Å²) in [5.41, 5.74) is 14.7. The molecule has 2 aromatic carbocycles. The molecule has 27 heavy (non-hydrogen) atoms. The van der Waals surface area contributed by atoms with E-state index in [0.717, 1.165) is 0 Å². The van der Waals surface area contributed by atoms with Crippen LogP contribution >= 0.6 is 0 Å². The Kier molecular flexibility index (Phi) is 34.1. The van der Waals surface area contributed by atoms with Crippen LogP contribution in [0.15, 0.2) is 0 Å². The summed E-state index contributed by atoms with van der Waals surface area (Å²) >= 11 is 0. The Balaban J connectivity index is -0.0000000471. The van der Waals surface area contributed by atoms with Crippen molar-refractivity contribution in [2.45, 2.75) is 69.2 Å². The van der Waals surface area contributed by atoms with Crippen molar-refractivity contribution in [1.29, 1.82) is 0 Å². The number of rotatable bonds is 0. The first-order valence-corrected chi connectivity index (χ1v) is 7.50. The third-order valence-corrected chi connectivity index (χ3v) is 5.62. The molecule has 0 heterocycles. The molecule has 0 aromatic heterocycles. The minimum atomic E-state index is 0. The molecule has 2 rings (SSSR count). The van der Waals surface area contributed by atoms with Gasteiger partial charge in [-0.05, 0) is 0 Å². The van der Waals surface area contributed by atoms with Crippen LogP contribution in [0.4, 0.5) is 0 Å². The summed E-state index contributed by atoms with van der Waals surface area (Å²) in [5, 5.41) is 0. The van der Waals surface area contributed by atoms with Gasteiger partial charge in [0.1, 0.15) is 0 Å². The molecule has 0 aliphatic heterocycles. The van der Waals surface area contributed by atoms with Gasteiger partial charge in [0.15, 0.2) is 0 Å². The van der Waals surface area contributed by atoms with E-state index in [2.05, 4.69) is 69.2 Å². The van der Waals surface area contributed by atoms with Crippen LogP contribution in [0, 0.1) is 69.2 Å². The van der Waals surface area contributed by atoms with Crippen molar-refractivity contribution in [2.75, 3.05) is 0 Å². The van der Waals surface area contributed by atoms with Crippen molar-refractivity contribution in [1.82, 2.24) is 0 Å². The van der Waals surface area contributed by atoms with Gasteiger partial charge in [-0.3, -0.25) is 0 Å². The maximum absolute atomic E-state index is 2.20. The maximum Gasteiger partial charge on any atom is 3.00 e. The molecule has 0 fully saturated rings. The normalized spacial score (nSPS) is 7.78. The monoisotopic (exact) mass is 666 g/mol. The summed E-state index contributed by atoms with van der Waals surface area (Å²) < 4.78 is 0. The molecule has 0 saturated carbocycles. The van der Waals surface area contributed by atoms with Crippen molar-refractivity contribution in [2.24, 2.45) is 0 Å². The zero-order valence-corrected chi connectivity index (χ0v) is 25.1. The van der Waals surface area contributed by atoms with Crippen LogP contribution in [-0.4, -0.2) is 0 Å². The molecule has 0 aliphatic rings. The predicted molar refractivity (Wildman–Crippen MR) is 106 cm³/mol. The Labute approximate surface area is 230 Å². The van der Waals surface area contributed by atoms with Gasteiger partial charge >= 0.3 is 56.0 Å². The van der Waals surface area contributed by atoms with E-state index in [1.54, 1.807) is 0 Å². The van der Waals surface area contributed by atoms with Crippen LogP contribution in [0.3, 0.4) is 0 Å². The summed E-state index contributed by atoms with van der Waals surface area (Å²) in [6.07, 6.45) is 0. The van der Waals surface area contributed by atoms with Gasteiger partial charge in [-0.2, -0.15) is 55.6 Å². The van der Waals surface area contributed by atoms with Gasteiger partial charge < -0.3 is 51.8 Å². The average molecular weight is 667 g/mol. The van der Waals surface area contributed by atoms with E-state index < -0.39 is 0 Å². The summed E-state index contributed by atoms with van der Waals surface area (Å²) in [6, 6.07) is 0. The van der Waals surface area contributed by atoms with E-state index in [0.29, 0.717) is 0 Å². The van der Waals surface area contributed by atoms with Crippen molar-refractivity contribution in [3.8, 4) is 0 Å². The van der Waals surface area contributed by atoms with Gasteiger partial charge in [0.2, 0.25) is 0 Å². The fourth-order valence-corrected chi connectivity index (χ4v) is 2.81. The molecule has 0 atom stereocenters. The van der Waals surface area contributed by atoms with E-state index in [-0.39, 0.29) is 108 Å². The van der Waals surface area contributed by atoms with Gasteiger partial charge in [0, 0.05) is 0 Å². The molecular weight excluding hydrogens is 637 g/mol. The molecule has 7 heteroatoms. The first-order chi connectivity index (χ1) is 9.11. The van der Waals surface area contributed by atoms with E-state index in [1.807, 2.05) is 0 Å². The molecule has 0 spiro atoms. The Morgan fingerprint density at radius 2 is 0.593 bits per heavy atom. The third-order valence-electron chi connectivity index (χ3n) is 5.62. The second-order valence-electron chi connectivity index (χ2n) is 6.25. The molecule has 2 aromatic rings. The summed E-state index contributed by atoms with van der Waals surface area (Å²) in [6.45, 7) is 22.0. The van der Waals surface area contributed by atoms with Crippen LogP contribution in [0.5, 0.6) is 0 Å². The van der Waals surface area contributed by atoms with Crippen molar-refractivity contribution in [3.05, 3.63) is 55.6 Å². The number of hydrogen-bond donors (Lipinski definition) is 0. The topological polar surface area (TPSA) is 0 Å². The van der Waals surface area contributed by atoms with Crippen molar-refractivity contribution >= 4 is 27.0 Å². The minimum Gasteiger partial charge on any atom is -2.00 e. The second kappa shape index (κ2) is 19.7. The fraction of sp³-hybridized carbons (Fsp3) is 0.500. The largest absolute Gasteiger partial charge is 3.00 e. The van der Waals surface area contributed by atoms with Gasteiger partial charge in [-0.15, -0.1) is 0 Å². The van der Waals surface area contributed by atoms with Gasteiger partial charge in [-0.25, -0.2) is 0 Å². The zero-order valence-electron chi connectivity index (χ0n) is 17.6. The third kappa shape index (κ3) is 10.6. The fourth-order valence-electron chi connectivity index (χ4n) is 2.81. The molecule has 0 aliphatic carbocycles. The van der Waals surface area contributed by atoms with Gasteiger partial charge in [0.25, 0.3) is 0 Å². The average Bonchev–Trinajstić information content (AvgIpc) is 2.71. The van der Waals surface area contributed by atoms with Gasteiger partial charge in [-0.1, -0.05) is 69.2 Å². The smallest absolute Gasteiger partial charge is 2.00 e. The van der Waals surface area contributed by atoms with Crippen LogP contribution < -0.4 is 24.8 Å². The Morgan fingerprint density at radius 3 is 0.630 bits per heavy atom. The molecular formula is C20H30Cl2FeRh2S2. The van der Waals surface area contributed by atoms with Crippen molar-refractivity contribution in [3.63, 3.8) is 0 Å². The van der Waals surface area contributed by atoms with Crippen LogP contribution in [0.25, 0.3) is 0 Å². The predicted octanol–water partition coefficient (Wildman–Crippen LogP) is -0.109. The zero-order chi connectivity index (χ0) is 15.8. The molecule has 0 N–H and O–H groups in total. The van der Waals surface area contributed by atoms with E-state index in [4.69, 9.17) is 0 Å². The first kappa shape index (κ1) is 46.8. The molecule has 0 nitrogen and oxygen atoms in total. The van der Waals surface area contributed by atoms with E-state index in [1.165, 1.54) is 55.6 Å². The molecule has 0 unspecified atom stereocenters. The quantitative estimate of drug-likeness (QED) is 0.272. The molecule has 0 saturated heterocycles. The second-order valence-corrected chi connectivity index (χ2v) is 6.25. The number of halogens is 2. The van der Waals surface area contributed by atoms with Crippen LogP contribution in [-0.2, 0) is 83.0 Å². The van der Waals surface area contributed by atoms with E-state index in [9.17, 15) is 0 Å². The van der Waals surface area contributed by atoms with Gasteiger partial charge in [0.05, 0.1) is 0 Å². The number of hydrogen-bond acceptors (Lipinski definition) is 0. The molecule has 2 radical (unpaired) electrons. The molecule has 0 bridgehead atoms. The van der Waals surface area contributed by atoms with E-state index >= 15 is 0 Å². The van der Waals surface area contributed by atoms with Crippen LogP contribution in [0.2, 0.25) is 0 Å². The summed E-state index contributed by atoms with van der Waals surface area (Å²) in [5.74, 6) is 0. The van der Waals surface area contributed by atoms with Crippen molar-refractivity contribution < 1.29 is 80.8 Å². The molecule has 0 amide bonds. The SMILES string of the molecule is Cc1c(C)c(C)[c-](C)c1C.Cc1c(C)c(C)[c-](C)c1C.[Cl-].[Cl-].[Fe+3].[Rh+2].[Rh+3].[S-2].[S-2]. The summed E-state index contributed by atoms with van der Waals surface area (Å²) in [7, 11) is 0. The molecule has 162 valence electrons. The Bertz CT molecular complexity index is 435. The maximum atomic E-state index is 2.20. The Morgan fingerprint density at radius 1 is 0.481 bits per heavy atom. The van der Waals surface area contributed by atoms with Crippen LogP contribution in [0.1, 0.15) is 55.6 Å². The first-order valence-electron chi connectivity index (χ1n) is 7.50. The standard InChI is InChI=1S/2C10H15.2ClH.Fe.2Rh.2S/c2*1-6-7(2)9(4)10(5)8(6)3;;;;;;;/h2*1-5H3;2*1H;;;;;/q2*-1;;;+3;+2;+3;2*-2/p-2.